The lowest BCUT2D eigenvalue weighted by molar-refractivity contribution is 0.254. The van der Waals surface area contributed by atoms with Gasteiger partial charge in [-0.25, -0.2) is 14.4 Å². The summed E-state index contributed by atoms with van der Waals surface area (Å²) in [5, 5.41) is 6.58. The second-order valence-corrected chi connectivity index (χ2v) is 7.00. The summed E-state index contributed by atoms with van der Waals surface area (Å²) in [5.74, 6) is 1.42. The van der Waals surface area contributed by atoms with Gasteiger partial charge < -0.3 is 15.5 Å². The molecule has 30 heavy (non-hydrogen) atoms. The summed E-state index contributed by atoms with van der Waals surface area (Å²) in [7, 11) is 1.75. The Hall–Kier alpha value is -2.01. The molecule has 1 aliphatic heterocycles. The number of benzene rings is 1. The van der Waals surface area contributed by atoms with Gasteiger partial charge >= 0.3 is 0 Å². The Morgan fingerprint density at radius 3 is 2.43 bits per heavy atom. The average molecular weight is 527 g/mol. The Balaban J connectivity index is 0.00000320. The van der Waals surface area contributed by atoms with Gasteiger partial charge in [-0.15, -0.1) is 24.0 Å². The molecule has 7 nitrogen and oxygen atoms in total. The maximum Gasteiger partial charge on any atom is 0.225 e. The third-order valence-electron chi connectivity index (χ3n) is 5.02. The van der Waals surface area contributed by atoms with E-state index in [4.69, 9.17) is 0 Å². The van der Waals surface area contributed by atoms with Gasteiger partial charge in [-0.3, -0.25) is 9.89 Å². The van der Waals surface area contributed by atoms with Crippen LogP contribution in [0.1, 0.15) is 12.0 Å². The van der Waals surface area contributed by atoms with E-state index in [0.29, 0.717) is 13.0 Å². The molecule has 0 unspecified atom stereocenters. The van der Waals surface area contributed by atoms with Crippen LogP contribution < -0.4 is 15.5 Å². The molecular formula is C21H31FIN7. The molecule has 0 atom stereocenters. The van der Waals surface area contributed by atoms with Crippen molar-refractivity contribution in [1.29, 1.82) is 0 Å². The zero-order chi connectivity index (χ0) is 20.3. The second-order valence-electron chi connectivity index (χ2n) is 7.00. The highest BCUT2D eigenvalue weighted by Crippen LogP contribution is 2.09. The van der Waals surface area contributed by atoms with Gasteiger partial charge in [0.1, 0.15) is 5.82 Å². The molecule has 164 valence electrons. The van der Waals surface area contributed by atoms with Crippen LogP contribution in [0.25, 0.3) is 0 Å². The monoisotopic (exact) mass is 527 g/mol. The first kappa shape index (κ1) is 24.3. The number of anilines is 1. The minimum Gasteiger partial charge on any atom is -0.356 e. The van der Waals surface area contributed by atoms with Gasteiger partial charge in [-0.05, 0) is 37.1 Å². The van der Waals surface area contributed by atoms with Crippen molar-refractivity contribution in [2.45, 2.75) is 12.8 Å². The number of rotatable bonds is 8. The van der Waals surface area contributed by atoms with E-state index in [1.54, 1.807) is 25.5 Å². The molecule has 1 aromatic heterocycles. The van der Waals surface area contributed by atoms with Gasteiger partial charge in [0.15, 0.2) is 5.96 Å². The maximum atomic E-state index is 13.7. The quantitative estimate of drug-likeness (QED) is 0.238. The van der Waals surface area contributed by atoms with Crippen LogP contribution in [0.15, 0.2) is 47.7 Å². The predicted octanol–water partition coefficient (Wildman–Crippen LogP) is 2.15. The molecule has 2 heterocycles. The number of hydrogen-bond acceptors (Lipinski definition) is 5. The van der Waals surface area contributed by atoms with Crippen LogP contribution in [0.5, 0.6) is 0 Å². The van der Waals surface area contributed by atoms with Crippen molar-refractivity contribution in [2.24, 2.45) is 4.99 Å². The summed E-state index contributed by atoms with van der Waals surface area (Å²) in [6, 6.07) is 8.72. The molecule has 0 saturated carbocycles. The molecule has 0 amide bonds. The van der Waals surface area contributed by atoms with Gasteiger partial charge in [0, 0.05) is 58.7 Å². The van der Waals surface area contributed by atoms with Crippen LogP contribution in [-0.4, -0.2) is 73.7 Å². The minimum atomic E-state index is -0.156. The molecule has 1 aliphatic rings. The number of hydrogen-bond donors (Lipinski definition) is 2. The van der Waals surface area contributed by atoms with Crippen molar-refractivity contribution >= 4 is 35.9 Å². The Morgan fingerprint density at radius 1 is 1.03 bits per heavy atom. The molecule has 9 heteroatoms. The minimum absolute atomic E-state index is 0. The fourth-order valence-electron chi connectivity index (χ4n) is 3.37. The van der Waals surface area contributed by atoms with Gasteiger partial charge in [0.2, 0.25) is 5.95 Å². The first-order valence-electron chi connectivity index (χ1n) is 10.2. The summed E-state index contributed by atoms with van der Waals surface area (Å²) in [6.45, 7) is 6.49. The number of halogens is 2. The Labute approximate surface area is 195 Å². The van der Waals surface area contributed by atoms with Crippen LogP contribution in [0.3, 0.4) is 0 Å². The van der Waals surface area contributed by atoms with E-state index < -0.39 is 0 Å². The molecule has 0 spiro atoms. The van der Waals surface area contributed by atoms with Crippen LogP contribution in [0.2, 0.25) is 0 Å². The van der Waals surface area contributed by atoms with Crippen molar-refractivity contribution < 1.29 is 4.39 Å². The lowest BCUT2D eigenvalue weighted by atomic mass is 10.1. The maximum absolute atomic E-state index is 13.7. The summed E-state index contributed by atoms with van der Waals surface area (Å²) < 4.78 is 13.7. The second kappa shape index (κ2) is 13.3. The van der Waals surface area contributed by atoms with Gasteiger partial charge in [-0.1, -0.05) is 18.2 Å². The van der Waals surface area contributed by atoms with Gasteiger partial charge in [0.25, 0.3) is 0 Å². The van der Waals surface area contributed by atoms with E-state index in [1.165, 1.54) is 6.07 Å². The Morgan fingerprint density at radius 2 is 1.73 bits per heavy atom. The Kier molecular flexibility index (Phi) is 10.8. The summed E-state index contributed by atoms with van der Waals surface area (Å²) >= 11 is 0. The SMILES string of the molecule is CN=C(NCCCN1CCN(c2ncccn2)CC1)NCCc1ccccc1F.I. The van der Waals surface area contributed by atoms with E-state index in [-0.39, 0.29) is 29.8 Å². The van der Waals surface area contributed by atoms with E-state index in [2.05, 4.69) is 35.4 Å². The van der Waals surface area contributed by atoms with Crippen LogP contribution in [-0.2, 0) is 6.42 Å². The Bertz CT molecular complexity index is 767. The van der Waals surface area contributed by atoms with Crippen molar-refractivity contribution in [1.82, 2.24) is 25.5 Å². The van der Waals surface area contributed by atoms with E-state index in [0.717, 1.165) is 63.2 Å². The number of piperazine rings is 1. The van der Waals surface area contributed by atoms with Gasteiger partial charge in [-0.2, -0.15) is 0 Å². The fraction of sp³-hybridized carbons (Fsp3) is 0.476. The zero-order valence-corrected chi connectivity index (χ0v) is 19.8. The normalized spacial score (nSPS) is 14.9. The molecule has 1 aromatic carbocycles. The van der Waals surface area contributed by atoms with E-state index >= 15 is 0 Å². The largest absolute Gasteiger partial charge is 0.356 e. The standard InChI is InChI=1S/C21H30FN7.HI/c1-23-20(25-12-8-18-6-2-3-7-19(18)22)24-11-5-13-28-14-16-29(17-15-28)21-26-9-4-10-27-21;/h2-4,6-7,9-10H,5,8,11-17H2,1H3,(H2,23,24,25);1H. The highest BCUT2D eigenvalue weighted by molar-refractivity contribution is 14.0. The van der Waals surface area contributed by atoms with Crippen molar-refractivity contribution in [2.75, 3.05) is 57.8 Å². The topological polar surface area (TPSA) is 68.7 Å². The summed E-state index contributed by atoms with van der Waals surface area (Å²) in [5.41, 5.74) is 0.718. The first-order chi connectivity index (χ1) is 14.3. The third-order valence-corrected chi connectivity index (χ3v) is 5.02. The van der Waals surface area contributed by atoms with Gasteiger partial charge in [0.05, 0.1) is 0 Å². The molecule has 0 radical (unpaired) electrons. The van der Waals surface area contributed by atoms with Crippen LogP contribution in [0.4, 0.5) is 10.3 Å². The van der Waals surface area contributed by atoms with Crippen molar-refractivity contribution in [3.63, 3.8) is 0 Å². The highest BCUT2D eigenvalue weighted by atomic mass is 127. The molecular weight excluding hydrogens is 496 g/mol. The first-order valence-corrected chi connectivity index (χ1v) is 10.2. The molecule has 2 N–H and O–H groups in total. The molecule has 0 bridgehead atoms. The molecule has 2 aromatic rings. The third kappa shape index (κ3) is 7.67. The fourth-order valence-corrected chi connectivity index (χ4v) is 3.37. The van der Waals surface area contributed by atoms with E-state index in [1.807, 2.05) is 18.2 Å². The number of aromatic nitrogens is 2. The average Bonchev–Trinajstić information content (AvgIpc) is 2.77. The van der Waals surface area contributed by atoms with Crippen LogP contribution >= 0.6 is 24.0 Å². The molecule has 3 rings (SSSR count). The molecule has 0 aliphatic carbocycles. The van der Waals surface area contributed by atoms with Crippen molar-refractivity contribution in [3.8, 4) is 0 Å². The van der Waals surface area contributed by atoms with E-state index in [9.17, 15) is 4.39 Å². The molecule has 1 fully saturated rings. The lowest BCUT2D eigenvalue weighted by Gasteiger charge is -2.34. The number of nitrogens with zero attached hydrogens (tertiary/aromatic N) is 5. The van der Waals surface area contributed by atoms with Crippen LogP contribution in [0, 0.1) is 5.82 Å². The lowest BCUT2D eigenvalue weighted by Crippen LogP contribution is -2.47. The highest BCUT2D eigenvalue weighted by Gasteiger charge is 2.18. The zero-order valence-electron chi connectivity index (χ0n) is 17.4. The van der Waals surface area contributed by atoms with Crippen molar-refractivity contribution in [3.05, 3.63) is 54.1 Å². The molecule has 1 saturated heterocycles. The number of guanidine groups is 1. The summed E-state index contributed by atoms with van der Waals surface area (Å²) in [4.78, 5) is 17.6. The number of aliphatic imine (C=N–C) groups is 1. The smallest absolute Gasteiger partial charge is 0.225 e. The predicted molar refractivity (Wildman–Crippen MR) is 130 cm³/mol. The summed E-state index contributed by atoms with van der Waals surface area (Å²) in [6.07, 6.45) is 5.24. The number of nitrogens with one attached hydrogen (secondary N) is 2.